The summed E-state index contributed by atoms with van der Waals surface area (Å²) in [6.45, 7) is 0. The standard InChI is InChI=1S/C5H5ClN2.C2HF3O2/c6-4-1-2-8-5(7)3-4;3-2(4,5)1(6)7/h1-3H,(H2,7,8);(H,6,7). The Kier molecular flexibility index (Phi) is 4.86. The van der Waals surface area contributed by atoms with Crippen LogP contribution in [0.5, 0.6) is 0 Å². The van der Waals surface area contributed by atoms with Gasteiger partial charge in [0, 0.05) is 11.2 Å². The normalized spacial score (nSPS) is 10.1. The van der Waals surface area contributed by atoms with Gasteiger partial charge in [-0.05, 0) is 12.1 Å². The molecule has 1 aromatic rings. The lowest BCUT2D eigenvalue weighted by Gasteiger charge is -1.93. The molecule has 8 heteroatoms. The SMILES string of the molecule is Nc1cc(Cl)ccn1.O=C(O)C(F)(F)F. The third-order valence-corrected chi connectivity index (χ3v) is 1.22. The number of carboxylic acid groups (broad SMARTS) is 1. The predicted octanol–water partition coefficient (Wildman–Crippen LogP) is 1.95. The van der Waals surface area contributed by atoms with E-state index in [4.69, 9.17) is 27.2 Å². The predicted molar refractivity (Wildman–Crippen MR) is 47.4 cm³/mol. The molecule has 0 aliphatic heterocycles. The highest BCUT2D eigenvalue weighted by molar-refractivity contribution is 6.30. The summed E-state index contributed by atoms with van der Waals surface area (Å²) in [6.07, 6.45) is -3.52. The van der Waals surface area contributed by atoms with Gasteiger partial charge in [-0.2, -0.15) is 13.2 Å². The molecular weight excluding hydrogens is 237 g/mol. The number of nitrogens with two attached hydrogens (primary N) is 1. The van der Waals surface area contributed by atoms with E-state index in [1.165, 1.54) is 0 Å². The molecule has 15 heavy (non-hydrogen) atoms. The number of hydrogen-bond donors (Lipinski definition) is 2. The molecule has 3 N–H and O–H groups in total. The molecule has 1 rings (SSSR count). The molecule has 0 fully saturated rings. The van der Waals surface area contributed by atoms with Crippen LogP contribution in [-0.2, 0) is 4.79 Å². The number of nitrogen functional groups attached to an aromatic ring is 1. The van der Waals surface area contributed by atoms with Crippen LogP contribution in [0, 0.1) is 0 Å². The molecular formula is C7H6ClF3N2O2. The van der Waals surface area contributed by atoms with E-state index < -0.39 is 12.1 Å². The van der Waals surface area contributed by atoms with Crippen molar-refractivity contribution in [3.63, 3.8) is 0 Å². The molecule has 0 radical (unpaired) electrons. The minimum Gasteiger partial charge on any atom is -0.475 e. The lowest BCUT2D eigenvalue weighted by Crippen LogP contribution is -2.21. The number of pyridine rings is 1. The maximum atomic E-state index is 10.6. The van der Waals surface area contributed by atoms with E-state index in [-0.39, 0.29) is 0 Å². The highest BCUT2D eigenvalue weighted by atomic mass is 35.5. The van der Waals surface area contributed by atoms with Crippen molar-refractivity contribution < 1.29 is 23.1 Å². The fraction of sp³-hybridized carbons (Fsp3) is 0.143. The van der Waals surface area contributed by atoms with Crippen LogP contribution in [0.3, 0.4) is 0 Å². The first-order chi connectivity index (χ1) is 6.73. The second-order valence-electron chi connectivity index (χ2n) is 2.20. The van der Waals surface area contributed by atoms with E-state index >= 15 is 0 Å². The topological polar surface area (TPSA) is 76.2 Å². The number of hydrogen-bond acceptors (Lipinski definition) is 3. The van der Waals surface area contributed by atoms with Crippen LogP contribution in [0.15, 0.2) is 18.3 Å². The van der Waals surface area contributed by atoms with Gasteiger partial charge in [-0.1, -0.05) is 11.6 Å². The lowest BCUT2D eigenvalue weighted by atomic mass is 10.5. The number of nitrogens with zero attached hydrogens (tertiary/aromatic N) is 1. The second kappa shape index (κ2) is 5.40. The summed E-state index contributed by atoms with van der Waals surface area (Å²) in [6, 6.07) is 3.28. The Labute approximate surface area is 87.5 Å². The van der Waals surface area contributed by atoms with Gasteiger partial charge in [0.2, 0.25) is 0 Å². The largest absolute Gasteiger partial charge is 0.490 e. The fourth-order valence-corrected chi connectivity index (χ4v) is 0.589. The minimum atomic E-state index is -5.08. The summed E-state index contributed by atoms with van der Waals surface area (Å²) >= 11 is 5.52. The van der Waals surface area contributed by atoms with Crippen LogP contribution in [-0.4, -0.2) is 22.2 Å². The number of carboxylic acids is 1. The van der Waals surface area contributed by atoms with Crippen LogP contribution < -0.4 is 5.73 Å². The maximum absolute atomic E-state index is 10.6. The van der Waals surface area contributed by atoms with E-state index in [9.17, 15) is 13.2 Å². The van der Waals surface area contributed by atoms with Crippen molar-refractivity contribution in [2.75, 3.05) is 5.73 Å². The van der Waals surface area contributed by atoms with Gasteiger partial charge in [-0.15, -0.1) is 0 Å². The summed E-state index contributed by atoms with van der Waals surface area (Å²) in [5.41, 5.74) is 5.26. The number of alkyl halides is 3. The Bertz CT molecular complexity index is 326. The molecule has 0 bridgehead atoms. The van der Waals surface area contributed by atoms with Crippen molar-refractivity contribution in [1.82, 2.24) is 4.98 Å². The van der Waals surface area contributed by atoms with Crippen molar-refractivity contribution in [2.45, 2.75) is 6.18 Å². The summed E-state index contributed by atoms with van der Waals surface area (Å²) < 4.78 is 31.7. The van der Waals surface area contributed by atoms with Crippen molar-refractivity contribution >= 4 is 23.4 Å². The molecule has 0 atom stereocenters. The van der Waals surface area contributed by atoms with Gasteiger partial charge in [-0.25, -0.2) is 9.78 Å². The number of aromatic nitrogens is 1. The summed E-state index contributed by atoms with van der Waals surface area (Å²) in [5.74, 6) is -2.30. The zero-order chi connectivity index (χ0) is 12.1. The summed E-state index contributed by atoms with van der Waals surface area (Å²) in [7, 11) is 0. The van der Waals surface area contributed by atoms with Crippen molar-refractivity contribution in [3.8, 4) is 0 Å². The van der Waals surface area contributed by atoms with Gasteiger partial charge in [-0.3, -0.25) is 0 Å². The zero-order valence-electron chi connectivity index (χ0n) is 7.12. The van der Waals surface area contributed by atoms with E-state index in [1.54, 1.807) is 18.3 Å². The Morgan fingerprint density at radius 2 is 2.00 bits per heavy atom. The van der Waals surface area contributed by atoms with Gasteiger partial charge in [0.15, 0.2) is 0 Å². The van der Waals surface area contributed by atoms with Crippen molar-refractivity contribution in [3.05, 3.63) is 23.4 Å². The maximum Gasteiger partial charge on any atom is 0.490 e. The van der Waals surface area contributed by atoms with Crippen molar-refractivity contribution in [1.29, 1.82) is 0 Å². The van der Waals surface area contributed by atoms with Crippen LogP contribution in [0.1, 0.15) is 0 Å². The number of carbonyl (C=O) groups is 1. The van der Waals surface area contributed by atoms with E-state index in [1.807, 2.05) is 0 Å². The molecule has 4 nitrogen and oxygen atoms in total. The number of rotatable bonds is 0. The van der Waals surface area contributed by atoms with Gasteiger partial charge in [0.1, 0.15) is 5.82 Å². The Morgan fingerprint density at radius 3 is 2.20 bits per heavy atom. The monoisotopic (exact) mass is 242 g/mol. The minimum absolute atomic E-state index is 0.456. The van der Waals surface area contributed by atoms with Gasteiger partial charge < -0.3 is 10.8 Å². The highest BCUT2D eigenvalue weighted by Gasteiger charge is 2.38. The molecule has 84 valence electrons. The second-order valence-corrected chi connectivity index (χ2v) is 2.64. The molecule has 0 spiro atoms. The molecule has 0 aliphatic carbocycles. The number of anilines is 1. The number of aliphatic carboxylic acids is 1. The van der Waals surface area contributed by atoms with E-state index in [0.29, 0.717) is 10.8 Å². The molecule has 1 heterocycles. The molecule has 0 aromatic carbocycles. The van der Waals surface area contributed by atoms with Gasteiger partial charge >= 0.3 is 12.1 Å². The van der Waals surface area contributed by atoms with Gasteiger partial charge in [0.05, 0.1) is 0 Å². The van der Waals surface area contributed by atoms with Crippen LogP contribution in [0.2, 0.25) is 5.02 Å². The average Bonchev–Trinajstić information content (AvgIpc) is 2.02. The smallest absolute Gasteiger partial charge is 0.475 e. The van der Waals surface area contributed by atoms with Crippen LogP contribution in [0.25, 0.3) is 0 Å². The van der Waals surface area contributed by atoms with E-state index in [0.717, 1.165) is 0 Å². The van der Waals surface area contributed by atoms with Crippen LogP contribution in [0.4, 0.5) is 19.0 Å². The molecule has 0 saturated heterocycles. The zero-order valence-corrected chi connectivity index (χ0v) is 7.88. The Balaban J connectivity index is 0.000000265. The third-order valence-electron chi connectivity index (χ3n) is 0.986. The Hall–Kier alpha value is -1.50. The molecule has 0 unspecified atom stereocenters. The summed E-state index contributed by atoms with van der Waals surface area (Å²) in [4.78, 5) is 12.6. The van der Waals surface area contributed by atoms with Gasteiger partial charge in [0.25, 0.3) is 0 Å². The third kappa shape index (κ3) is 6.55. The Morgan fingerprint density at radius 1 is 1.53 bits per heavy atom. The fourth-order valence-electron chi connectivity index (χ4n) is 0.421. The van der Waals surface area contributed by atoms with Crippen LogP contribution >= 0.6 is 11.6 Å². The van der Waals surface area contributed by atoms with E-state index in [2.05, 4.69) is 4.98 Å². The first-order valence-corrected chi connectivity index (χ1v) is 3.78. The first kappa shape index (κ1) is 13.5. The van der Waals surface area contributed by atoms with Crippen molar-refractivity contribution in [2.24, 2.45) is 0 Å². The lowest BCUT2D eigenvalue weighted by molar-refractivity contribution is -0.192. The average molecular weight is 243 g/mol. The molecule has 1 aromatic heterocycles. The molecule has 0 saturated carbocycles. The quantitative estimate of drug-likeness (QED) is 0.729. The summed E-state index contributed by atoms with van der Waals surface area (Å²) in [5, 5.41) is 7.75. The highest BCUT2D eigenvalue weighted by Crippen LogP contribution is 2.13. The number of halogens is 4. The molecule has 0 amide bonds. The molecule has 0 aliphatic rings. The first-order valence-electron chi connectivity index (χ1n) is 3.40.